The van der Waals surface area contributed by atoms with Gasteiger partial charge in [0.05, 0.1) is 148 Å². The first-order chi connectivity index (χ1) is 48.8. The standard InChI is InChI=1S/C75H102N2O22S2Si/c1-51-56(95-70(84)64(99-102(9,10)71(3,4)5)62(53-22-14-11-15-23-53)77-68(82)54-24-16-12-17-25-54)49-75(85)67(97-69(83)55-26-18-13-19-27-55)65-73(8,57(79)48-58-74(65,50-94-58)98-52(2)78)66(81)63(61(51)72(75,6)7)96-60(80)29-31-86-32-33-87-34-35-88-36-37-89-38-39-90-40-41-91-42-43-92-44-45-93-46-47-100-101-59-28-20-21-30-76-59/h11-28,30,56-58,62-65,67,79,85H,29,31-50H2,1-10H3,(H,77,82)/t56?,57-,58?,62?,63+,64+,65-,67-,73+,74-,75+/m0/s1. The van der Waals surface area contributed by atoms with E-state index in [0.29, 0.717) is 83.8 Å². The van der Waals surface area contributed by atoms with E-state index in [1.165, 1.54) is 26.0 Å². The number of pyridine rings is 1. The van der Waals surface area contributed by atoms with Crippen LogP contribution in [0.4, 0.5) is 0 Å². The van der Waals surface area contributed by atoms with Crippen molar-refractivity contribution in [2.75, 3.05) is 118 Å². The van der Waals surface area contributed by atoms with Crippen LogP contribution in [-0.4, -0.2) is 225 Å². The highest BCUT2D eigenvalue weighted by molar-refractivity contribution is 8.76. The van der Waals surface area contributed by atoms with E-state index in [4.69, 9.17) is 66.0 Å². The van der Waals surface area contributed by atoms with Gasteiger partial charge in [-0.1, -0.05) is 118 Å². The summed E-state index contributed by atoms with van der Waals surface area (Å²) < 4.78 is 84.2. The van der Waals surface area contributed by atoms with E-state index in [1.54, 1.807) is 127 Å². The molecule has 3 N–H and O–H groups in total. The van der Waals surface area contributed by atoms with Crippen molar-refractivity contribution in [3.8, 4) is 0 Å². The first-order valence-electron chi connectivity index (χ1n) is 34.8. The van der Waals surface area contributed by atoms with E-state index < -0.39 is 126 Å². The summed E-state index contributed by atoms with van der Waals surface area (Å²) in [6.07, 6.45) is -8.96. The Bertz CT molecular complexity index is 3370. The fourth-order valence-corrected chi connectivity index (χ4v) is 16.2. The number of ether oxygens (including phenoxy) is 13. The Morgan fingerprint density at radius 1 is 0.686 bits per heavy atom. The molecule has 8 rings (SSSR count). The quantitative estimate of drug-likeness (QED) is 0.00931. The van der Waals surface area contributed by atoms with E-state index >= 15 is 9.59 Å². The van der Waals surface area contributed by atoms with E-state index in [9.17, 15) is 29.4 Å². The number of esters is 4. The summed E-state index contributed by atoms with van der Waals surface area (Å²) in [6.45, 7) is 22.5. The topological polar surface area (TPSA) is 297 Å². The third-order valence-corrected chi connectivity index (χ3v) is 26.5. The summed E-state index contributed by atoms with van der Waals surface area (Å²) in [5, 5.41) is 30.5. The number of hydrogen-bond donors (Lipinski definition) is 3. The molecule has 3 fully saturated rings. The molecule has 2 bridgehead atoms. The molecule has 1 aliphatic heterocycles. The van der Waals surface area contributed by atoms with Crippen LogP contribution in [0, 0.1) is 16.7 Å². The molecule has 1 amide bonds. The molecule has 3 unspecified atom stereocenters. The van der Waals surface area contributed by atoms with Crippen molar-refractivity contribution in [2.45, 2.75) is 152 Å². The van der Waals surface area contributed by atoms with Gasteiger partial charge in [0.25, 0.3) is 5.91 Å². The minimum absolute atomic E-state index is 0.00347. The Hall–Kier alpha value is -5.99. The Balaban J connectivity index is 0.911. The van der Waals surface area contributed by atoms with Crippen molar-refractivity contribution < 1.29 is 105 Å². The fraction of sp³-hybridized carbons (Fsp3) is 0.587. The number of carbonyl (C=O) groups is 6. The molecule has 2 saturated carbocycles. The molecule has 3 aromatic carbocycles. The second kappa shape index (κ2) is 38.3. The van der Waals surface area contributed by atoms with Crippen LogP contribution in [0.25, 0.3) is 0 Å². The van der Waals surface area contributed by atoms with Gasteiger partial charge in [-0.2, -0.15) is 0 Å². The maximum Gasteiger partial charge on any atom is 0.338 e. The number of benzene rings is 3. The van der Waals surface area contributed by atoms with Gasteiger partial charge < -0.3 is 81.5 Å². The molecule has 0 spiro atoms. The van der Waals surface area contributed by atoms with Crippen molar-refractivity contribution in [3.63, 3.8) is 0 Å². The number of fused-ring (bicyclic) bond motifs is 5. The molecule has 102 heavy (non-hydrogen) atoms. The average Bonchev–Trinajstić information content (AvgIpc) is 0.669. The number of amides is 1. The largest absolute Gasteiger partial charge is 0.456 e. The Kier molecular flexibility index (Phi) is 30.7. The van der Waals surface area contributed by atoms with Gasteiger partial charge in [0, 0.05) is 42.7 Å². The van der Waals surface area contributed by atoms with Gasteiger partial charge in [0.1, 0.15) is 28.9 Å². The summed E-state index contributed by atoms with van der Waals surface area (Å²) in [6, 6.07) is 29.9. The van der Waals surface area contributed by atoms with Gasteiger partial charge in [-0.25, -0.2) is 14.6 Å². The highest BCUT2D eigenvalue weighted by atomic mass is 33.1. The van der Waals surface area contributed by atoms with Gasteiger partial charge >= 0.3 is 23.9 Å². The number of carbonyl (C=O) groups excluding carboxylic acids is 6. The van der Waals surface area contributed by atoms with E-state index in [1.807, 2.05) is 52.1 Å². The van der Waals surface area contributed by atoms with Crippen molar-refractivity contribution >= 4 is 65.5 Å². The van der Waals surface area contributed by atoms with Crippen LogP contribution in [0.1, 0.15) is 107 Å². The van der Waals surface area contributed by atoms with Crippen LogP contribution in [0.3, 0.4) is 0 Å². The minimum Gasteiger partial charge on any atom is -0.456 e. The molecule has 0 radical (unpaired) electrons. The predicted molar refractivity (Wildman–Crippen MR) is 382 cm³/mol. The lowest BCUT2D eigenvalue weighted by atomic mass is 9.44. The summed E-state index contributed by atoms with van der Waals surface area (Å²) in [5.41, 5.74) is -7.13. The third kappa shape index (κ3) is 20.7. The predicted octanol–water partition coefficient (Wildman–Crippen LogP) is 9.10. The Labute approximate surface area is 607 Å². The van der Waals surface area contributed by atoms with Gasteiger partial charge in [0.15, 0.2) is 31.9 Å². The molecule has 2 heterocycles. The molecule has 1 saturated heterocycles. The highest BCUT2D eigenvalue weighted by Crippen LogP contribution is 2.64. The molecule has 3 aliphatic carbocycles. The maximum absolute atomic E-state index is 16.4. The molecule has 27 heteroatoms. The first-order valence-corrected chi connectivity index (χ1v) is 40.0. The Morgan fingerprint density at radius 2 is 1.20 bits per heavy atom. The Morgan fingerprint density at radius 3 is 1.70 bits per heavy atom. The lowest BCUT2D eigenvalue weighted by molar-refractivity contribution is -0.346. The normalized spacial score (nSPS) is 24.4. The van der Waals surface area contributed by atoms with Gasteiger partial charge in [-0.3, -0.25) is 19.2 Å². The zero-order chi connectivity index (χ0) is 73.6. The molecule has 1 aromatic heterocycles. The number of rotatable bonds is 41. The summed E-state index contributed by atoms with van der Waals surface area (Å²) in [7, 11) is 0.318. The molecule has 560 valence electrons. The van der Waals surface area contributed by atoms with Gasteiger partial charge in [0.2, 0.25) is 0 Å². The van der Waals surface area contributed by atoms with Crippen LogP contribution in [0.5, 0.6) is 0 Å². The number of aliphatic hydroxyl groups is 2. The van der Waals surface area contributed by atoms with Crippen molar-refractivity contribution in [2.24, 2.45) is 16.7 Å². The zero-order valence-electron chi connectivity index (χ0n) is 60.3. The number of aromatic nitrogens is 1. The molecule has 11 atom stereocenters. The summed E-state index contributed by atoms with van der Waals surface area (Å²) in [4.78, 5) is 93.6. The highest BCUT2D eigenvalue weighted by Gasteiger charge is 2.78. The number of aliphatic hydroxyl groups excluding tert-OH is 1. The lowest BCUT2D eigenvalue weighted by Gasteiger charge is -2.67. The number of nitrogens with zero attached hydrogens (tertiary/aromatic N) is 1. The number of hydrogen-bond acceptors (Lipinski definition) is 25. The van der Waals surface area contributed by atoms with Crippen LogP contribution < -0.4 is 5.32 Å². The van der Waals surface area contributed by atoms with E-state index in [2.05, 4.69) is 10.3 Å². The van der Waals surface area contributed by atoms with E-state index in [0.717, 1.165) is 10.8 Å². The number of ketones is 1. The zero-order valence-corrected chi connectivity index (χ0v) is 62.9. The molecular weight excluding hydrogens is 1370 g/mol. The van der Waals surface area contributed by atoms with Crippen molar-refractivity contribution in [3.05, 3.63) is 143 Å². The lowest BCUT2D eigenvalue weighted by Crippen LogP contribution is -2.82. The summed E-state index contributed by atoms with van der Waals surface area (Å²) >= 11 is 0. The van der Waals surface area contributed by atoms with Crippen LogP contribution in [-0.2, 0) is 85.2 Å². The monoisotopic (exact) mass is 1470 g/mol. The molecule has 24 nitrogen and oxygen atoms in total. The average molecular weight is 1480 g/mol. The fourth-order valence-electron chi connectivity index (χ4n) is 13.2. The molecule has 4 aliphatic rings. The smallest absolute Gasteiger partial charge is 0.338 e. The van der Waals surface area contributed by atoms with Crippen molar-refractivity contribution in [1.82, 2.24) is 10.3 Å². The van der Waals surface area contributed by atoms with Crippen LogP contribution in [0.15, 0.2) is 132 Å². The second-order valence-corrected chi connectivity index (χ2v) is 35.0. The second-order valence-electron chi connectivity index (χ2n) is 27.8. The van der Waals surface area contributed by atoms with E-state index in [-0.39, 0.29) is 69.2 Å². The molecular formula is C75H102N2O22S2Si. The molecule has 4 aromatic rings. The number of nitrogens with one attached hydrogen (secondary N) is 1. The SMILES string of the molecule is CC(=O)O[C@@]12COC1C[C@H](O)[C@@]1(C)C(=O)[C@H](OC(=O)CCOCCOCCOCCOCCOCCOCCOCCOCCSSc3ccccn3)C3=C(C)C(OC(=O)[C@H](O[Si](C)(C)C(C)(C)C)C(NC(=O)c4ccccc4)c4ccccc4)C[C@@](O)([C@@H](OC(=O)c4ccccc4)[C@@H]12)C3(C)C. The minimum atomic E-state index is -3.01. The first kappa shape index (κ1) is 81.7. The van der Waals surface area contributed by atoms with Gasteiger partial charge in [-0.15, -0.1) is 0 Å². The van der Waals surface area contributed by atoms with Crippen LogP contribution >= 0.6 is 21.6 Å². The van der Waals surface area contributed by atoms with Gasteiger partial charge in [-0.05, 0) is 95.9 Å². The number of Topliss-reactive ketones (excluding diaryl/α,β-unsaturated/α-hetero) is 1. The van der Waals surface area contributed by atoms with Crippen molar-refractivity contribution in [1.29, 1.82) is 0 Å². The third-order valence-electron chi connectivity index (χ3n) is 19.8. The maximum atomic E-state index is 16.4. The van der Waals surface area contributed by atoms with Crippen LogP contribution in [0.2, 0.25) is 18.1 Å². The summed E-state index contributed by atoms with van der Waals surface area (Å²) in [5.74, 6) is -5.75.